The number of nitrogens with zero attached hydrogens (tertiary/aromatic N) is 1. The molecule has 0 rings (SSSR count). The van der Waals surface area contributed by atoms with Gasteiger partial charge in [-0.15, -0.1) is 0 Å². The molecule has 0 N–H and O–H groups in total. The molecule has 10 heteroatoms. The first-order chi connectivity index (χ1) is 36.0. The molecule has 0 aromatic heterocycles. The predicted octanol–water partition coefficient (Wildman–Crippen LogP) is 18.9. The molecule has 74 heavy (non-hydrogen) atoms. The summed E-state index contributed by atoms with van der Waals surface area (Å²) in [6, 6.07) is 0. The zero-order chi connectivity index (χ0) is 54.2. The number of unbranched alkanes of at least 4 members (excludes halogenated alkanes) is 33. The molecule has 0 aliphatic carbocycles. The van der Waals surface area contributed by atoms with Gasteiger partial charge in [-0.1, -0.05) is 248 Å². The summed E-state index contributed by atoms with van der Waals surface area (Å²) >= 11 is 0. The van der Waals surface area contributed by atoms with Gasteiger partial charge in [-0.05, 0) is 83.5 Å². The lowest BCUT2D eigenvalue weighted by Gasteiger charge is -2.28. The van der Waals surface area contributed by atoms with E-state index in [4.69, 9.17) is 18.5 Å². The minimum atomic E-state index is -4.64. The molecule has 0 saturated carbocycles. The largest absolute Gasteiger partial charge is 0.756 e. The summed E-state index contributed by atoms with van der Waals surface area (Å²) in [7, 11) is 1.16. The normalized spacial score (nSPS) is 13.6. The molecule has 0 spiro atoms. The molecular formula is C64H118NO8P. The number of ether oxygens (including phenoxy) is 2. The van der Waals surface area contributed by atoms with Crippen molar-refractivity contribution in [1.29, 1.82) is 0 Å². The molecule has 0 aliphatic heterocycles. The Morgan fingerprint density at radius 2 is 0.730 bits per heavy atom. The molecule has 0 fully saturated rings. The van der Waals surface area contributed by atoms with Crippen LogP contribution < -0.4 is 4.89 Å². The number of phosphoric ester groups is 1. The van der Waals surface area contributed by atoms with Crippen LogP contribution in [0, 0.1) is 0 Å². The lowest BCUT2D eigenvalue weighted by molar-refractivity contribution is -0.870. The van der Waals surface area contributed by atoms with E-state index in [0.717, 1.165) is 64.2 Å². The molecule has 432 valence electrons. The highest BCUT2D eigenvalue weighted by Crippen LogP contribution is 2.38. The first-order valence-corrected chi connectivity index (χ1v) is 32.5. The van der Waals surface area contributed by atoms with Gasteiger partial charge in [0.2, 0.25) is 0 Å². The smallest absolute Gasteiger partial charge is 0.306 e. The minimum Gasteiger partial charge on any atom is -0.756 e. The van der Waals surface area contributed by atoms with Crippen LogP contribution in [-0.2, 0) is 32.7 Å². The molecule has 0 amide bonds. The summed E-state index contributed by atoms with van der Waals surface area (Å²) in [5, 5.41) is 0. The van der Waals surface area contributed by atoms with Crippen LogP contribution in [0.1, 0.15) is 284 Å². The van der Waals surface area contributed by atoms with Gasteiger partial charge in [-0.3, -0.25) is 14.2 Å². The highest BCUT2D eigenvalue weighted by molar-refractivity contribution is 7.45. The van der Waals surface area contributed by atoms with E-state index < -0.39 is 26.5 Å². The van der Waals surface area contributed by atoms with Crippen LogP contribution in [0.3, 0.4) is 0 Å². The Balaban J connectivity index is 4.13. The standard InChI is InChI=1S/C64H118NO8P/c1-6-8-10-12-14-16-18-20-22-24-26-28-30-31-32-33-35-36-38-40-42-44-46-48-50-52-54-56-63(66)70-60-62(61-72-74(68,69)71-59-58-65(3,4)5)73-64(67)57-55-53-51-49-47-45-43-41-39-37-34-29-27-25-23-21-19-17-15-13-11-9-7-2/h18-21,24-27,34,37,62H,6-17,22-23,28-33,35-36,38-61H2,1-5H3/b20-18-,21-19-,26-24-,27-25-,37-34-. The van der Waals surface area contributed by atoms with Crippen LogP contribution in [0.15, 0.2) is 60.8 Å². The quantitative estimate of drug-likeness (QED) is 0.0195. The molecule has 0 aliphatic rings. The minimum absolute atomic E-state index is 0.0334. The second-order valence-corrected chi connectivity index (χ2v) is 23.5. The number of quaternary nitrogens is 1. The number of hydrogen-bond donors (Lipinski definition) is 0. The molecular weight excluding hydrogens is 942 g/mol. The van der Waals surface area contributed by atoms with Gasteiger partial charge in [0.05, 0.1) is 27.7 Å². The van der Waals surface area contributed by atoms with E-state index in [9.17, 15) is 19.0 Å². The first kappa shape index (κ1) is 71.7. The Kier molecular flexibility index (Phi) is 53.7. The Bertz CT molecular complexity index is 1430. The molecule has 0 aromatic carbocycles. The zero-order valence-electron chi connectivity index (χ0n) is 49.0. The Morgan fingerprint density at radius 3 is 1.08 bits per heavy atom. The Labute approximate surface area is 457 Å². The summed E-state index contributed by atoms with van der Waals surface area (Å²) in [6.07, 6.45) is 71.3. The first-order valence-electron chi connectivity index (χ1n) is 31.0. The van der Waals surface area contributed by atoms with Gasteiger partial charge < -0.3 is 27.9 Å². The predicted molar refractivity (Wildman–Crippen MR) is 314 cm³/mol. The number of likely N-dealkylation sites (N-methyl/N-ethyl adjacent to an activating group) is 1. The number of esters is 2. The Morgan fingerprint density at radius 1 is 0.419 bits per heavy atom. The van der Waals surface area contributed by atoms with Crippen molar-refractivity contribution in [3.8, 4) is 0 Å². The van der Waals surface area contributed by atoms with Crippen LogP contribution >= 0.6 is 7.82 Å². The number of hydrogen-bond acceptors (Lipinski definition) is 8. The van der Waals surface area contributed by atoms with Crippen molar-refractivity contribution in [3.63, 3.8) is 0 Å². The van der Waals surface area contributed by atoms with Crippen molar-refractivity contribution in [2.75, 3.05) is 47.5 Å². The zero-order valence-corrected chi connectivity index (χ0v) is 49.9. The van der Waals surface area contributed by atoms with Crippen molar-refractivity contribution < 1.29 is 42.1 Å². The van der Waals surface area contributed by atoms with Gasteiger partial charge >= 0.3 is 11.9 Å². The highest BCUT2D eigenvalue weighted by atomic mass is 31.2. The number of allylic oxidation sites excluding steroid dienone is 10. The molecule has 0 heterocycles. The van der Waals surface area contributed by atoms with Crippen molar-refractivity contribution in [2.45, 2.75) is 290 Å². The van der Waals surface area contributed by atoms with Gasteiger partial charge in [0.25, 0.3) is 7.82 Å². The molecule has 0 saturated heterocycles. The second kappa shape index (κ2) is 55.5. The summed E-state index contributed by atoms with van der Waals surface area (Å²) in [5.41, 5.74) is 0. The fourth-order valence-corrected chi connectivity index (χ4v) is 9.42. The van der Waals surface area contributed by atoms with E-state index in [-0.39, 0.29) is 32.0 Å². The summed E-state index contributed by atoms with van der Waals surface area (Å²) in [5.74, 6) is -0.834. The lowest BCUT2D eigenvalue weighted by Crippen LogP contribution is -2.37. The molecule has 0 bridgehead atoms. The third-order valence-corrected chi connectivity index (χ3v) is 14.5. The van der Waals surface area contributed by atoms with E-state index in [1.165, 1.54) is 186 Å². The van der Waals surface area contributed by atoms with E-state index in [1.54, 1.807) is 0 Å². The average Bonchev–Trinajstić information content (AvgIpc) is 3.36. The van der Waals surface area contributed by atoms with Crippen molar-refractivity contribution in [2.24, 2.45) is 0 Å². The van der Waals surface area contributed by atoms with E-state index in [0.29, 0.717) is 17.4 Å². The van der Waals surface area contributed by atoms with E-state index in [1.807, 2.05) is 21.1 Å². The summed E-state index contributed by atoms with van der Waals surface area (Å²) < 4.78 is 34.2. The topological polar surface area (TPSA) is 111 Å². The Hall–Kier alpha value is -2.29. The van der Waals surface area contributed by atoms with Crippen LogP contribution in [0.25, 0.3) is 0 Å². The fraction of sp³-hybridized carbons (Fsp3) is 0.812. The maximum atomic E-state index is 12.8. The maximum Gasteiger partial charge on any atom is 0.306 e. The molecule has 2 unspecified atom stereocenters. The maximum absolute atomic E-state index is 12.8. The molecule has 0 aromatic rings. The number of carbonyl (C=O) groups is 2. The highest BCUT2D eigenvalue weighted by Gasteiger charge is 2.22. The van der Waals surface area contributed by atoms with Crippen molar-refractivity contribution in [3.05, 3.63) is 60.8 Å². The number of phosphoric acid groups is 1. The van der Waals surface area contributed by atoms with Gasteiger partial charge in [0, 0.05) is 12.8 Å². The van der Waals surface area contributed by atoms with Crippen molar-refractivity contribution >= 4 is 19.8 Å². The second-order valence-electron chi connectivity index (χ2n) is 22.1. The van der Waals surface area contributed by atoms with Crippen LogP contribution in [0.5, 0.6) is 0 Å². The van der Waals surface area contributed by atoms with E-state index in [2.05, 4.69) is 74.6 Å². The van der Waals surface area contributed by atoms with Crippen LogP contribution in [0.4, 0.5) is 0 Å². The average molecular weight is 1060 g/mol. The molecule has 9 nitrogen and oxygen atoms in total. The van der Waals surface area contributed by atoms with Gasteiger partial charge in [-0.2, -0.15) is 0 Å². The van der Waals surface area contributed by atoms with Gasteiger partial charge in [-0.25, -0.2) is 0 Å². The van der Waals surface area contributed by atoms with Crippen LogP contribution in [-0.4, -0.2) is 70.0 Å². The number of carbonyl (C=O) groups excluding carboxylic acids is 2. The fourth-order valence-electron chi connectivity index (χ4n) is 8.69. The van der Waals surface area contributed by atoms with Crippen molar-refractivity contribution in [1.82, 2.24) is 0 Å². The number of rotatable bonds is 57. The van der Waals surface area contributed by atoms with Gasteiger partial charge in [0.1, 0.15) is 19.8 Å². The van der Waals surface area contributed by atoms with Gasteiger partial charge in [0.15, 0.2) is 6.10 Å². The third-order valence-electron chi connectivity index (χ3n) is 13.5. The third kappa shape index (κ3) is 59.0. The van der Waals surface area contributed by atoms with E-state index >= 15 is 0 Å². The molecule has 0 radical (unpaired) electrons. The SMILES string of the molecule is CCCCCCC/C=C\C/C=C\C/C=C\CCCCCCCCCCC(=O)OC(COC(=O)CCCCCCCCCCCCCCCCC/C=C\C/C=C\CCCCCCC)COP(=O)([O-])OCC[N+](C)(C)C. The summed E-state index contributed by atoms with van der Waals surface area (Å²) in [4.78, 5) is 37.9. The van der Waals surface area contributed by atoms with Crippen LogP contribution in [0.2, 0.25) is 0 Å². The lowest BCUT2D eigenvalue weighted by atomic mass is 10.0. The summed E-state index contributed by atoms with van der Waals surface area (Å²) in [6.45, 7) is 4.24. The monoisotopic (exact) mass is 1060 g/mol. The molecule has 2 atom stereocenters.